The van der Waals surface area contributed by atoms with Crippen LogP contribution in [0, 0.1) is 0 Å². The van der Waals surface area contributed by atoms with Crippen molar-refractivity contribution in [2.45, 2.75) is 5.44 Å². The van der Waals surface area contributed by atoms with Gasteiger partial charge in [-0.25, -0.2) is 10.1 Å². The van der Waals surface area contributed by atoms with Gasteiger partial charge in [-0.3, -0.25) is 0 Å². The van der Waals surface area contributed by atoms with Gasteiger partial charge >= 0.3 is 5.97 Å². The first-order valence-corrected chi connectivity index (χ1v) is 2.36. The van der Waals surface area contributed by atoms with Gasteiger partial charge < -0.3 is 10.2 Å². The largest absolute Gasteiger partial charge is 0.479 e. The van der Waals surface area contributed by atoms with E-state index in [4.69, 9.17) is 15.5 Å². The third-order valence-electron chi connectivity index (χ3n) is 0.345. The summed E-state index contributed by atoms with van der Waals surface area (Å²) in [4.78, 5) is 9.63. The molecule has 1 unspecified atom stereocenters. The van der Waals surface area contributed by atoms with Crippen molar-refractivity contribution in [2.24, 2.45) is 0 Å². The maximum absolute atomic E-state index is 9.63. The minimum atomic E-state index is -1.72. The van der Waals surface area contributed by atoms with Gasteiger partial charge in [-0.15, -0.1) is 0 Å². The van der Waals surface area contributed by atoms with E-state index >= 15 is 0 Å². The van der Waals surface area contributed by atoms with Gasteiger partial charge in [0.25, 0.3) is 0 Å². The molecule has 0 aliphatic heterocycles. The molecule has 0 saturated heterocycles. The average molecular weight is 140 g/mol. The van der Waals surface area contributed by atoms with Crippen LogP contribution in [-0.4, -0.2) is 26.9 Å². The summed E-state index contributed by atoms with van der Waals surface area (Å²) in [6.45, 7) is 0. The molecule has 0 aliphatic rings. The number of aliphatic hydroxyl groups is 1. The molecule has 5 nitrogen and oxygen atoms in total. The summed E-state index contributed by atoms with van der Waals surface area (Å²) in [5.74, 6) is -1.45. The lowest BCUT2D eigenvalue weighted by molar-refractivity contribution is -0.145. The van der Waals surface area contributed by atoms with E-state index in [0.717, 1.165) is 0 Å². The van der Waals surface area contributed by atoms with Crippen LogP contribution in [0.3, 0.4) is 0 Å². The van der Waals surface area contributed by atoms with E-state index in [1.807, 2.05) is 0 Å². The number of hydrogen-bond acceptors (Lipinski definition) is 5. The van der Waals surface area contributed by atoms with E-state index in [1.54, 1.807) is 0 Å². The number of carbonyl (C=O) groups is 1. The highest BCUT2D eigenvalue weighted by Gasteiger charge is 2.13. The van der Waals surface area contributed by atoms with E-state index in [2.05, 4.69) is 4.33 Å². The Morgan fingerprint density at radius 3 is 2.38 bits per heavy atom. The van der Waals surface area contributed by atoms with E-state index in [9.17, 15) is 4.79 Å². The minimum absolute atomic E-state index is 0.0509. The summed E-state index contributed by atoms with van der Waals surface area (Å²) >= 11 is 0.0509. The van der Waals surface area contributed by atoms with Gasteiger partial charge in [0.1, 0.15) is 0 Å². The fourth-order valence-corrected chi connectivity index (χ4v) is 0.246. The summed E-state index contributed by atoms with van der Waals surface area (Å²) in [6.07, 6.45) is 0. The molecule has 0 radical (unpaired) electrons. The van der Waals surface area contributed by atoms with Crippen LogP contribution in [0.25, 0.3) is 0 Å². The van der Waals surface area contributed by atoms with Crippen molar-refractivity contribution < 1.29 is 24.6 Å². The second kappa shape index (κ2) is 3.67. The molecule has 0 aromatic carbocycles. The third kappa shape index (κ3) is 2.80. The Morgan fingerprint density at radius 1 is 1.75 bits per heavy atom. The first-order valence-electron chi connectivity index (χ1n) is 1.56. The van der Waals surface area contributed by atoms with Crippen LogP contribution in [0.1, 0.15) is 0 Å². The van der Waals surface area contributed by atoms with Crippen LogP contribution in [0.4, 0.5) is 0 Å². The number of hydrogen-bond donors (Lipinski definition) is 3. The van der Waals surface area contributed by atoms with Gasteiger partial charge in [-0.05, 0) is 0 Å². The molecule has 0 fully saturated rings. The predicted octanol–water partition coefficient (Wildman–Crippen LogP) is -0.473. The Labute approximate surface area is 49.0 Å². The molecule has 0 aromatic heterocycles. The summed E-state index contributed by atoms with van der Waals surface area (Å²) in [6, 6.07) is 0. The van der Waals surface area contributed by atoms with Crippen LogP contribution >= 0.6 is 12.0 Å². The first kappa shape index (κ1) is 7.70. The predicted molar refractivity (Wildman–Crippen MR) is 24.9 cm³/mol. The standard InChI is InChI=1S/C2H4O5S/c3-1(4)2(5)8-7-6/h2,5-6H,(H,3,4). The minimum Gasteiger partial charge on any atom is -0.479 e. The van der Waals surface area contributed by atoms with Crippen LogP contribution in [0.5, 0.6) is 0 Å². The summed E-state index contributed by atoms with van der Waals surface area (Å²) in [7, 11) is 0. The van der Waals surface area contributed by atoms with Gasteiger partial charge in [0.05, 0.1) is 12.0 Å². The SMILES string of the molecule is O=C(O)C(O)SOO. The van der Waals surface area contributed by atoms with Gasteiger partial charge in [0.15, 0.2) is 0 Å². The van der Waals surface area contributed by atoms with Crippen molar-refractivity contribution in [3.8, 4) is 0 Å². The Morgan fingerprint density at radius 2 is 2.25 bits per heavy atom. The maximum Gasteiger partial charge on any atom is 0.345 e. The molecule has 3 N–H and O–H groups in total. The molecule has 0 aromatic rings. The highest BCUT2D eigenvalue weighted by atomic mass is 32.2. The second-order valence-electron chi connectivity index (χ2n) is 0.861. The van der Waals surface area contributed by atoms with Crippen molar-refractivity contribution in [2.75, 3.05) is 0 Å². The van der Waals surface area contributed by atoms with E-state index in [-0.39, 0.29) is 12.0 Å². The van der Waals surface area contributed by atoms with Crippen molar-refractivity contribution >= 4 is 18.0 Å². The van der Waals surface area contributed by atoms with Crippen molar-refractivity contribution in [3.63, 3.8) is 0 Å². The molecule has 0 bridgehead atoms. The normalized spacial score (nSPS) is 13.2. The summed E-state index contributed by atoms with van der Waals surface area (Å²) in [5.41, 5.74) is -1.72. The molecule has 0 spiro atoms. The maximum atomic E-state index is 9.63. The lowest BCUT2D eigenvalue weighted by Crippen LogP contribution is -2.14. The molecular weight excluding hydrogens is 136 g/mol. The second-order valence-corrected chi connectivity index (χ2v) is 1.65. The Hall–Kier alpha value is -0.300. The van der Waals surface area contributed by atoms with E-state index in [0.29, 0.717) is 0 Å². The fraction of sp³-hybridized carbons (Fsp3) is 0.500. The number of aliphatic hydroxyl groups excluding tert-OH is 1. The van der Waals surface area contributed by atoms with Crippen molar-refractivity contribution in [1.29, 1.82) is 0 Å². The quantitative estimate of drug-likeness (QED) is 0.212. The Bertz CT molecular complexity index is 82.5. The molecule has 1 atom stereocenters. The van der Waals surface area contributed by atoms with Crippen LogP contribution < -0.4 is 0 Å². The zero-order chi connectivity index (χ0) is 6.57. The summed E-state index contributed by atoms with van der Waals surface area (Å²) < 4.78 is 3.25. The van der Waals surface area contributed by atoms with Crippen molar-refractivity contribution in [3.05, 3.63) is 0 Å². The number of carboxylic acids is 1. The van der Waals surface area contributed by atoms with Gasteiger partial charge in [0.2, 0.25) is 5.44 Å². The molecule has 0 heterocycles. The zero-order valence-electron chi connectivity index (χ0n) is 3.64. The molecule has 0 amide bonds. The van der Waals surface area contributed by atoms with Crippen LogP contribution in [-0.2, 0) is 9.13 Å². The fourth-order valence-electron chi connectivity index (χ4n) is 0.0819. The molecule has 0 rings (SSSR count). The first-order chi connectivity index (χ1) is 3.68. The smallest absolute Gasteiger partial charge is 0.345 e. The summed E-state index contributed by atoms with van der Waals surface area (Å²) in [5, 5.41) is 23.6. The van der Waals surface area contributed by atoms with Gasteiger partial charge in [0, 0.05) is 0 Å². The lowest BCUT2D eigenvalue weighted by Gasteiger charge is -1.96. The van der Waals surface area contributed by atoms with Gasteiger partial charge in [-0.1, -0.05) is 0 Å². The molecule has 8 heavy (non-hydrogen) atoms. The van der Waals surface area contributed by atoms with Crippen LogP contribution in [0.15, 0.2) is 0 Å². The van der Waals surface area contributed by atoms with Crippen LogP contribution in [0.2, 0.25) is 0 Å². The molecule has 0 aliphatic carbocycles. The number of carboxylic acid groups (broad SMARTS) is 1. The van der Waals surface area contributed by atoms with Gasteiger partial charge in [-0.2, -0.15) is 4.33 Å². The molecule has 48 valence electrons. The Kier molecular flexibility index (Phi) is 3.53. The molecule has 0 saturated carbocycles. The molecule has 6 heteroatoms. The number of rotatable bonds is 3. The average Bonchev–Trinajstić information content (AvgIpc) is 1.67. The topological polar surface area (TPSA) is 87.0 Å². The lowest BCUT2D eigenvalue weighted by atomic mass is 10.7. The Balaban J connectivity index is 3.32. The van der Waals surface area contributed by atoms with E-state index in [1.165, 1.54) is 0 Å². The third-order valence-corrected chi connectivity index (χ3v) is 0.815. The number of aliphatic carboxylic acids is 1. The van der Waals surface area contributed by atoms with E-state index < -0.39 is 11.4 Å². The molecular formula is C2H4O5S. The van der Waals surface area contributed by atoms with Crippen molar-refractivity contribution in [1.82, 2.24) is 0 Å². The monoisotopic (exact) mass is 140 g/mol. The highest BCUT2D eigenvalue weighted by Crippen LogP contribution is 2.05. The highest BCUT2D eigenvalue weighted by molar-refractivity contribution is 7.95. The zero-order valence-corrected chi connectivity index (χ0v) is 4.46.